The fourth-order valence-electron chi connectivity index (χ4n) is 2.38. The first-order valence-corrected chi connectivity index (χ1v) is 8.75. The highest BCUT2D eigenvalue weighted by atomic mass is 79.9. The molecule has 2 aromatic carbocycles. The van der Waals surface area contributed by atoms with Gasteiger partial charge in [-0.15, -0.1) is 0 Å². The molecule has 0 bridgehead atoms. The molecule has 2 N–H and O–H groups in total. The summed E-state index contributed by atoms with van der Waals surface area (Å²) in [5.74, 6) is -0.413. The smallest absolute Gasteiger partial charge is 0.267 e. The molecule has 2 rings (SSSR count). The summed E-state index contributed by atoms with van der Waals surface area (Å²) in [6.45, 7) is 4.56. The minimum absolute atomic E-state index is 0.0502. The van der Waals surface area contributed by atoms with E-state index in [9.17, 15) is 10.1 Å². The lowest BCUT2D eigenvalue weighted by atomic mass is 10.1. The van der Waals surface area contributed by atoms with Crippen LogP contribution >= 0.6 is 15.9 Å². The molecule has 0 saturated carbocycles. The predicted octanol–water partition coefficient (Wildman–Crippen LogP) is 4.24. The number of carbonyl (C=O) groups is 1. The molecule has 0 aromatic heterocycles. The Morgan fingerprint density at radius 1 is 1.24 bits per heavy atom. The summed E-state index contributed by atoms with van der Waals surface area (Å²) in [5.41, 5.74) is 4.03. The van der Waals surface area contributed by atoms with Crippen molar-refractivity contribution in [1.29, 1.82) is 5.26 Å². The number of hydrogen-bond donors (Lipinski definition) is 2. The number of amides is 1. The number of benzene rings is 2. The lowest BCUT2D eigenvalue weighted by Gasteiger charge is -2.09. The topological polar surface area (TPSA) is 64.9 Å². The number of rotatable bonds is 6. The Kier molecular flexibility index (Phi) is 6.79. The van der Waals surface area contributed by atoms with Crippen LogP contribution in [0.2, 0.25) is 0 Å². The van der Waals surface area contributed by atoms with Crippen molar-refractivity contribution in [3.63, 3.8) is 0 Å². The van der Waals surface area contributed by atoms with Crippen LogP contribution in [-0.2, 0) is 11.2 Å². The zero-order chi connectivity index (χ0) is 18.2. The molecular weight excluding hydrogens is 378 g/mol. The van der Waals surface area contributed by atoms with Crippen LogP contribution in [0.3, 0.4) is 0 Å². The van der Waals surface area contributed by atoms with Crippen LogP contribution in [0.1, 0.15) is 16.7 Å². The van der Waals surface area contributed by atoms with E-state index in [1.807, 2.05) is 62.4 Å². The first-order valence-electron chi connectivity index (χ1n) is 7.96. The normalized spacial score (nSPS) is 10.9. The fraction of sp³-hybridized carbons (Fsp3) is 0.200. The number of hydrogen-bond acceptors (Lipinski definition) is 3. The van der Waals surface area contributed by atoms with Gasteiger partial charge in [0.2, 0.25) is 0 Å². The predicted molar refractivity (Wildman–Crippen MR) is 104 cm³/mol. The number of nitriles is 1. The molecule has 5 heteroatoms. The molecule has 128 valence electrons. The van der Waals surface area contributed by atoms with Crippen LogP contribution in [0.5, 0.6) is 0 Å². The summed E-state index contributed by atoms with van der Waals surface area (Å²) < 4.78 is 1.03. The molecule has 0 radical (unpaired) electrons. The Morgan fingerprint density at radius 2 is 2.04 bits per heavy atom. The van der Waals surface area contributed by atoms with Crippen LogP contribution in [-0.4, -0.2) is 12.5 Å². The monoisotopic (exact) mass is 397 g/mol. The SMILES string of the molecule is Cc1ccc(NC(=O)/C(C#N)=C\NCCc2cccc(Br)c2)c(C)c1. The van der Waals surface area contributed by atoms with Gasteiger partial charge in [0.05, 0.1) is 0 Å². The molecular formula is C20H20BrN3O. The van der Waals surface area contributed by atoms with Crippen molar-refractivity contribution in [3.05, 3.63) is 75.4 Å². The van der Waals surface area contributed by atoms with Crippen LogP contribution in [0.15, 0.2) is 58.7 Å². The molecule has 0 saturated heterocycles. The van der Waals surface area contributed by atoms with Gasteiger partial charge in [-0.05, 0) is 49.6 Å². The largest absolute Gasteiger partial charge is 0.389 e. The minimum Gasteiger partial charge on any atom is -0.389 e. The Balaban J connectivity index is 1.92. The molecule has 0 spiro atoms. The molecule has 0 aliphatic carbocycles. The van der Waals surface area contributed by atoms with Crippen molar-refractivity contribution < 1.29 is 4.79 Å². The van der Waals surface area contributed by atoms with Gasteiger partial charge < -0.3 is 10.6 Å². The second-order valence-electron chi connectivity index (χ2n) is 5.78. The van der Waals surface area contributed by atoms with Crippen LogP contribution in [0.4, 0.5) is 5.69 Å². The third-order valence-corrected chi connectivity index (χ3v) is 4.18. The van der Waals surface area contributed by atoms with E-state index in [0.29, 0.717) is 12.2 Å². The number of carbonyl (C=O) groups excluding carboxylic acids is 1. The van der Waals surface area contributed by atoms with Gasteiger partial charge in [-0.25, -0.2) is 0 Å². The van der Waals surface area contributed by atoms with Crippen molar-refractivity contribution in [2.24, 2.45) is 0 Å². The summed E-state index contributed by atoms with van der Waals surface area (Å²) >= 11 is 3.44. The Labute approximate surface area is 156 Å². The lowest BCUT2D eigenvalue weighted by molar-refractivity contribution is -0.112. The molecule has 0 fully saturated rings. The van der Waals surface area contributed by atoms with Crippen LogP contribution in [0, 0.1) is 25.2 Å². The number of nitrogens with one attached hydrogen (secondary N) is 2. The quantitative estimate of drug-likeness (QED) is 0.435. The molecule has 0 atom stereocenters. The van der Waals surface area contributed by atoms with Crippen molar-refractivity contribution in [2.45, 2.75) is 20.3 Å². The van der Waals surface area contributed by atoms with Gasteiger partial charge in [0.25, 0.3) is 5.91 Å². The van der Waals surface area contributed by atoms with Crippen molar-refractivity contribution in [3.8, 4) is 6.07 Å². The Bertz CT molecular complexity index is 837. The van der Waals surface area contributed by atoms with Crippen molar-refractivity contribution in [1.82, 2.24) is 5.32 Å². The van der Waals surface area contributed by atoms with E-state index in [1.54, 1.807) is 0 Å². The fourth-order valence-corrected chi connectivity index (χ4v) is 2.82. The molecule has 1 amide bonds. The van der Waals surface area contributed by atoms with E-state index in [-0.39, 0.29) is 5.57 Å². The summed E-state index contributed by atoms with van der Waals surface area (Å²) in [7, 11) is 0. The van der Waals surface area contributed by atoms with E-state index in [1.165, 1.54) is 11.8 Å². The van der Waals surface area contributed by atoms with E-state index >= 15 is 0 Å². The number of anilines is 1. The zero-order valence-electron chi connectivity index (χ0n) is 14.3. The van der Waals surface area contributed by atoms with Gasteiger partial charge in [-0.3, -0.25) is 4.79 Å². The van der Waals surface area contributed by atoms with E-state index in [0.717, 1.165) is 22.0 Å². The maximum Gasteiger partial charge on any atom is 0.267 e. The third-order valence-electron chi connectivity index (χ3n) is 3.69. The molecule has 2 aromatic rings. The van der Waals surface area contributed by atoms with Crippen molar-refractivity contribution in [2.75, 3.05) is 11.9 Å². The van der Waals surface area contributed by atoms with Gasteiger partial charge >= 0.3 is 0 Å². The highest BCUT2D eigenvalue weighted by molar-refractivity contribution is 9.10. The van der Waals surface area contributed by atoms with E-state index in [2.05, 4.69) is 26.6 Å². The van der Waals surface area contributed by atoms with Gasteiger partial charge in [0, 0.05) is 22.9 Å². The van der Waals surface area contributed by atoms with Crippen LogP contribution < -0.4 is 10.6 Å². The number of nitrogens with zero attached hydrogens (tertiary/aromatic N) is 1. The summed E-state index contributed by atoms with van der Waals surface area (Å²) in [5, 5.41) is 15.0. The first kappa shape index (κ1) is 18.8. The third kappa shape index (κ3) is 5.77. The molecule has 4 nitrogen and oxygen atoms in total. The minimum atomic E-state index is -0.413. The highest BCUT2D eigenvalue weighted by Gasteiger charge is 2.10. The van der Waals surface area contributed by atoms with Gasteiger partial charge in [-0.2, -0.15) is 5.26 Å². The average molecular weight is 398 g/mol. The second kappa shape index (κ2) is 9.05. The van der Waals surface area contributed by atoms with Crippen LogP contribution in [0.25, 0.3) is 0 Å². The van der Waals surface area contributed by atoms with E-state index < -0.39 is 5.91 Å². The summed E-state index contributed by atoms with van der Waals surface area (Å²) in [4.78, 5) is 12.2. The lowest BCUT2D eigenvalue weighted by Crippen LogP contribution is -2.18. The van der Waals surface area contributed by atoms with Gasteiger partial charge in [-0.1, -0.05) is 45.8 Å². The first-order chi connectivity index (χ1) is 12.0. The second-order valence-corrected chi connectivity index (χ2v) is 6.69. The summed E-state index contributed by atoms with van der Waals surface area (Å²) in [6, 6.07) is 15.7. The molecule has 0 aliphatic heterocycles. The van der Waals surface area contributed by atoms with Crippen molar-refractivity contribution >= 4 is 27.5 Å². The molecule has 0 heterocycles. The standard InChI is InChI=1S/C20H20BrN3O/c1-14-6-7-19(15(2)10-14)24-20(25)17(12-22)13-23-9-8-16-4-3-5-18(21)11-16/h3-7,10-11,13,23H,8-9H2,1-2H3,(H,24,25)/b17-13-. The van der Waals surface area contributed by atoms with E-state index in [4.69, 9.17) is 0 Å². The molecule has 0 unspecified atom stereocenters. The number of aryl methyl sites for hydroxylation is 2. The van der Waals surface area contributed by atoms with Gasteiger partial charge in [0.1, 0.15) is 11.6 Å². The van der Waals surface area contributed by atoms with Gasteiger partial charge in [0.15, 0.2) is 0 Å². The maximum absolute atomic E-state index is 12.2. The Morgan fingerprint density at radius 3 is 2.72 bits per heavy atom. The highest BCUT2D eigenvalue weighted by Crippen LogP contribution is 2.16. The average Bonchev–Trinajstić information content (AvgIpc) is 2.57. The molecule has 0 aliphatic rings. The molecule has 25 heavy (non-hydrogen) atoms. The number of halogens is 1. The zero-order valence-corrected chi connectivity index (χ0v) is 15.9. The maximum atomic E-state index is 12.2. The summed E-state index contributed by atoms with van der Waals surface area (Å²) in [6.07, 6.45) is 2.27. The Hall–Kier alpha value is -2.58.